The zero-order valence-corrected chi connectivity index (χ0v) is 10.0. The maximum absolute atomic E-state index is 10.9. The molecule has 4 nitrogen and oxygen atoms in total. The van der Waals surface area contributed by atoms with Gasteiger partial charge >= 0.3 is 0 Å². The Morgan fingerprint density at radius 1 is 1.50 bits per heavy atom. The van der Waals surface area contributed by atoms with Crippen LogP contribution in [0.15, 0.2) is 29.2 Å². The average molecular weight is 240 g/mol. The van der Waals surface area contributed by atoms with Crippen LogP contribution in [0.5, 0.6) is 5.75 Å². The van der Waals surface area contributed by atoms with Crippen LogP contribution in [0.4, 0.5) is 0 Å². The summed E-state index contributed by atoms with van der Waals surface area (Å²) in [6, 6.07) is 7.84. The highest BCUT2D eigenvalue weighted by Gasteiger charge is 2.03. The number of hydrogen-bond acceptors (Lipinski definition) is 4. The lowest BCUT2D eigenvalue weighted by Gasteiger charge is -2.07. The van der Waals surface area contributed by atoms with E-state index in [2.05, 4.69) is 5.43 Å². The van der Waals surface area contributed by atoms with Crippen LogP contribution in [-0.2, 0) is 4.79 Å². The number of ether oxygens (including phenoxy) is 1. The summed E-state index contributed by atoms with van der Waals surface area (Å²) in [5.41, 5.74) is 2.11. The molecule has 1 aromatic carbocycles. The fraction of sp³-hybridized carbons (Fsp3) is 0.364. The second-order valence-corrected chi connectivity index (χ2v) is 4.31. The molecule has 0 heterocycles. The van der Waals surface area contributed by atoms with Crippen LogP contribution >= 0.6 is 11.8 Å². The van der Waals surface area contributed by atoms with Crippen molar-refractivity contribution in [2.75, 3.05) is 12.9 Å². The Morgan fingerprint density at radius 3 is 2.94 bits per heavy atom. The summed E-state index contributed by atoms with van der Waals surface area (Å²) in [5.74, 6) is 6.60. The number of methoxy groups -OCH3 is 1. The predicted molar refractivity (Wildman–Crippen MR) is 65.3 cm³/mol. The molecule has 0 aromatic heterocycles. The van der Waals surface area contributed by atoms with Crippen LogP contribution in [0.3, 0.4) is 0 Å². The fourth-order valence-electron chi connectivity index (χ4n) is 1.23. The first-order chi connectivity index (χ1) is 7.77. The van der Waals surface area contributed by atoms with E-state index in [0.29, 0.717) is 6.42 Å². The van der Waals surface area contributed by atoms with Gasteiger partial charge in [0, 0.05) is 11.3 Å². The van der Waals surface area contributed by atoms with Crippen molar-refractivity contribution in [2.24, 2.45) is 5.84 Å². The highest BCUT2D eigenvalue weighted by molar-refractivity contribution is 7.99. The number of benzene rings is 1. The number of hydrogen-bond donors (Lipinski definition) is 2. The van der Waals surface area contributed by atoms with Crippen molar-refractivity contribution < 1.29 is 9.53 Å². The average Bonchev–Trinajstić information content (AvgIpc) is 2.34. The summed E-state index contributed by atoms with van der Waals surface area (Å²) in [5, 5.41) is 0. The lowest BCUT2D eigenvalue weighted by molar-refractivity contribution is -0.121. The minimum Gasteiger partial charge on any atom is -0.496 e. The maximum atomic E-state index is 10.9. The van der Waals surface area contributed by atoms with Crippen LogP contribution in [0.2, 0.25) is 0 Å². The summed E-state index contributed by atoms with van der Waals surface area (Å²) >= 11 is 1.68. The number of carbonyl (C=O) groups is 1. The molecule has 0 atom stereocenters. The number of carbonyl (C=O) groups excluding carboxylic acids is 1. The third-order valence-corrected chi connectivity index (χ3v) is 3.18. The van der Waals surface area contributed by atoms with E-state index in [-0.39, 0.29) is 5.91 Å². The smallest absolute Gasteiger partial charge is 0.233 e. The first-order valence-electron chi connectivity index (χ1n) is 5.03. The number of para-hydroxylation sites is 1. The monoisotopic (exact) mass is 240 g/mol. The lowest BCUT2D eigenvalue weighted by atomic mass is 10.3. The number of nitrogens with two attached hydrogens (primary N) is 1. The van der Waals surface area contributed by atoms with Crippen molar-refractivity contribution in [1.82, 2.24) is 5.43 Å². The molecule has 1 aromatic rings. The van der Waals surface area contributed by atoms with Gasteiger partial charge in [0.15, 0.2) is 0 Å². The summed E-state index contributed by atoms with van der Waals surface area (Å²) < 4.78 is 5.22. The molecule has 0 aliphatic heterocycles. The Balaban J connectivity index is 2.34. The van der Waals surface area contributed by atoms with Crippen molar-refractivity contribution in [1.29, 1.82) is 0 Å². The van der Waals surface area contributed by atoms with Gasteiger partial charge in [-0.1, -0.05) is 12.1 Å². The number of thioether (sulfide) groups is 1. The number of rotatable bonds is 6. The molecule has 1 rings (SSSR count). The normalized spacial score (nSPS) is 9.88. The van der Waals surface area contributed by atoms with E-state index in [4.69, 9.17) is 10.6 Å². The van der Waals surface area contributed by atoms with E-state index in [9.17, 15) is 4.79 Å². The van der Waals surface area contributed by atoms with E-state index >= 15 is 0 Å². The van der Waals surface area contributed by atoms with Crippen LogP contribution in [-0.4, -0.2) is 18.8 Å². The summed E-state index contributed by atoms with van der Waals surface area (Å²) in [6.45, 7) is 0. The second-order valence-electron chi connectivity index (χ2n) is 3.17. The fourth-order valence-corrected chi connectivity index (χ4v) is 2.20. The van der Waals surface area contributed by atoms with E-state index < -0.39 is 0 Å². The molecular weight excluding hydrogens is 224 g/mol. The quantitative estimate of drug-likeness (QED) is 0.260. The largest absolute Gasteiger partial charge is 0.496 e. The molecule has 5 heteroatoms. The standard InChI is InChI=1S/C11H16N2O2S/c1-15-9-5-2-3-6-10(9)16-8-4-7-11(14)13-12/h2-3,5-6H,4,7-8,12H2,1H3,(H,13,14). The third kappa shape index (κ3) is 4.12. The molecule has 3 N–H and O–H groups in total. The number of hydrazine groups is 1. The molecular formula is C11H16N2O2S. The van der Waals surface area contributed by atoms with E-state index in [0.717, 1.165) is 22.8 Å². The van der Waals surface area contributed by atoms with Gasteiger partial charge in [-0.15, -0.1) is 11.8 Å². The maximum Gasteiger partial charge on any atom is 0.233 e. The Kier molecular flexibility index (Phi) is 5.74. The SMILES string of the molecule is COc1ccccc1SCCCC(=O)NN. The van der Waals surface area contributed by atoms with Gasteiger partial charge in [0.2, 0.25) is 5.91 Å². The zero-order chi connectivity index (χ0) is 11.8. The molecule has 0 saturated carbocycles. The van der Waals surface area contributed by atoms with Crippen molar-refractivity contribution in [2.45, 2.75) is 17.7 Å². The van der Waals surface area contributed by atoms with Crippen molar-refractivity contribution in [3.05, 3.63) is 24.3 Å². The second kappa shape index (κ2) is 7.14. The van der Waals surface area contributed by atoms with Crippen molar-refractivity contribution in [3.8, 4) is 5.75 Å². The molecule has 16 heavy (non-hydrogen) atoms. The molecule has 0 radical (unpaired) electrons. The van der Waals surface area contributed by atoms with E-state index in [1.54, 1.807) is 18.9 Å². The molecule has 1 amide bonds. The minimum atomic E-state index is -0.124. The molecule has 0 aliphatic carbocycles. The van der Waals surface area contributed by atoms with Gasteiger partial charge in [0.25, 0.3) is 0 Å². The van der Waals surface area contributed by atoms with Gasteiger partial charge in [0.1, 0.15) is 5.75 Å². The predicted octanol–water partition coefficient (Wildman–Crippen LogP) is 1.56. The first-order valence-corrected chi connectivity index (χ1v) is 6.01. The molecule has 0 bridgehead atoms. The highest BCUT2D eigenvalue weighted by Crippen LogP contribution is 2.29. The molecule has 0 unspecified atom stereocenters. The molecule has 0 spiro atoms. The first kappa shape index (κ1) is 12.9. The Labute approximate surface area is 99.5 Å². The van der Waals surface area contributed by atoms with Crippen LogP contribution < -0.4 is 16.0 Å². The highest BCUT2D eigenvalue weighted by atomic mass is 32.2. The van der Waals surface area contributed by atoms with Gasteiger partial charge in [-0.25, -0.2) is 5.84 Å². The molecule has 0 fully saturated rings. The molecule has 0 aliphatic rings. The van der Waals surface area contributed by atoms with Crippen LogP contribution in [0, 0.1) is 0 Å². The van der Waals surface area contributed by atoms with Gasteiger partial charge < -0.3 is 4.74 Å². The van der Waals surface area contributed by atoms with E-state index in [1.807, 2.05) is 24.3 Å². The van der Waals surface area contributed by atoms with Crippen LogP contribution in [0.25, 0.3) is 0 Å². The minimum absolute atomic E-state index is 0.124. The van der Waals surface area contributed by atoms with Crippen LogP contribution in [0.1, 0.15) is 12.8 Å². The van der Waals surface area contributed by atoms with Crippen molar-refractivity contribution >= 4 is 17.7 Å². The van der Waals surface area contributed by atoms with Gasteiger partial charge in [-0.2, -0.15) is 0 Å². The Morgan fingerprint density at radius 2 is 2.25 bits per heavy atom. The van der Waals surface area contributed by atoms with Gasteiger partial charge in [-0.3, -0.25) is 10.2 Å². The summed E-state index contributed by atoms with van der Waals surface area (Å²) in [7, 11) is 1.65. The lowest BCUT2D eigenvalue weighted by Crippen LogP contribution is -2.29. The summed E-state index contributed by atoms with van der Waals surface area (Å²) in [4.78, 5) is 12.0. The topological polar surface area (TPSA) is 64.3 Å². The van der Waals surface area contributed by atoms with Crippen molar-refractivity contribution in [3.63, 3.8) is 0 Å². The van der Waals surface area contributed by atoms with Gasteiger partial charge in [0.05, 0.1) is 7.11 Å². The van der Waals surface area contributed by atoms with E-state index in [1.165, 1.54) is 0 Å². The Bertz CT molecular complexity index is 345. The molecule has 88 valence electrons. The van der Waals surface area contributed by atoms with Gasteiger partial charge in [-0.05, 0) is 24.3 Å². The zero-order valence-electron chi connectivity index (χ0n) is 9.23. The summed E-state index contributed by atoms with van der Waals surface area (Å²) in [6.07, 6.45) is 1.25. The Hall–Kier alpha value is -1.20. The third-order valence-electron chi connectivity index (χ3n) is 2.04. The number of nitrogens with one attached hydrogen (secondary N) is 1. The number of amides is 1. The molecule has 0 saturated heterocycles.